The quantitative estimate of drug-likeness (QED) is 0.186. The van der Waals surface area contributed by atoms with Gasteiger partial charge < -0.3 is 4.42 Å². The van der Waals surface area contributed by atoms with Crippen LogP contribution in [0.5, 0.6) is 0 Å². The normalized spacial score (nSPS) is 16.5. The summed E-state index contributed by atoms with van der Waals surface area (Å²) in [7, 11) is 0. The van der Waals surface area contributed by atoms with E-state index < -0.39 is 84.1 Å². The fourth-order valence-electron chi connectivity index (χ4n) is 5.93. The molecule has 0 atom stereocenters. The van der Waals surface area contributed by atoms with Crippen LogP contribution in [-0.4, -0.2) is 0 Å². The standard InChI is InChI=1S/C44H28O/c1-2-11-29(12-3-1)32-13-10-14-34(27-32)44-38-18-6-4-16-36(38)43(37-17-5-7-19-39(37)44)31-23-21-30(22-24-31)33-25-26-42-40(28-33)35-15-8-9-20-41(35)45-42/h1-28H/i1D,2D,3D,8D,9D,10D,11D,12D,13D,14D,15D,20D,25D,26D,27D,28D. The molecule has 0 bridgehead atoms. The lowest BCUT2D eigenvalue weighted by Crippen LogP contribution is -1.91. The van der Waals surface area contributed by atoms with Crippen molar-refractivity contribution in [3.05, 3.63) is 169 Å². The Morgan fingerprint density at radius 3 is 1.58 bits per heavy atom. The van der Waals surface area contributed by atoms with Crippen molar-refractivity contribution in [2.24, 2.45) is 0 Å². The second-order valence-corrected chi connectivity index (χ2v) is 10.4. The lowest BCUT2D eigenvalue weighted by molar-refractivity contribution is 0.669. The van der Waals surface area contributed by atoms with Gasteiger partial charge in [-0.25, -0.2) is 0 Å². The number of benzene rings is 8. The number of fused-ring (bicyclic) bond motifs is 5. The molecule has 1 nitrogen and oxygen atoms in total. The molecule has 1 heterocycles. The molecule has 8 aromatic carbocycles. The van der Waals surface area contributed by atoms with E-state index in [2.05, 4.69) is 0 Å². The predicted molar refractivity (Wildman–Crippen MR) is 190 cm³/mol. The van der Waals surface area contributed by atoms with Crippen molar-refractivity contribution in [1.82, 2.24) is 0 Å². The zero-order chi connectivity index (χ0) is 43.7. The smallest absolute Gasteiger partial charge is 0.135 e. The van der Waals surface area contributed by atoms with Crippen molar-refractivity contribution >= 4 is 43.5 Å². The van der Waals surface area contributed by atoms with Crippen LogP contribution in [0.15, 0.2) is 174 Å². The Bertz CT molecular complexity index is 3340. The minimum atomic E-state index is -0.659. The molecule has 9 rings (SSSR count). The SMILES string of the molecule is [2H]c1c([2H])c([2H])c(-c2c([2H])c([2H])c([2H])c(-c3c4ccccc4c(-c4ccc(-c5c([2H])c([2H])c6oc7c([2H])c([2H])c([2H])c([2H])c7c6c5[2H])cc4)c4ccccc34)c2[2H])c([2H])c1[2H]. The summed E-state index contributed by atoms with van der Waals surface area (Å²) in [4.78, 5) is 0. The van der Waals surface area contributed by atoms with Crippen molar-refractivity contribution in [1.29, 1.82) is 0 Å². The number of rotatable bonds is 4. The molecule has 1 aromatic heterocycles. The molecule has 0 unspecified atom stereocenters. The fraction of sp³-hybridized carbons (Fsp3) is 0. The summed E-state index contributed by atoms with van der Waals surface area (Å²) in [6, 6.07) is 13.3. The zero-order valence-electron chi connectivity index (χ0n) is 39.3. The van der Waals surface area contributed by atoms with Crippen molar-refractivity contribution in [2.75, 3.05) is 0 Å². The average Bonchev–Trinajstić information content (AvgIpc) is 3.68. The maximum atomic E-state index is 9.49. The largest absolute Gasteiger partial charge is 0.456 e. The summed E-state index contributed by atoms with van der Waals surface area (Å²) in [6.07, 6.45) is 0. The highest BCUT2D eigenvalue weighted by Gasteiger charge is 2.17. The van der Waals surface area contributed by atoms with E-state index in [0.29, 0.717) is 38.2 Å². The minimum absolute atomic E-state index is 0.00111. The molecule has 0 N–H and O–H groups in total. The van der Waals surface area contributed by atoms with E-state index in [-0.39, 0.29) is 56.8 Å². The predicted octanol–water partition coefficient (Wildman–Crippen LogP) is 12.6. The summed E-state index contributed by atoms with van der Waals surface area (Å²) >= 11 is 0. The average molecular weight is 589 g/mol. The zero-order valence-corrected chi connectivity index (χ0v) is 23.3. The van der Waals surface area contributed by atoms with Crippen LogP contribution < -0.4 is 0 Å². The van der Waals surface area contributed by atoms with E-state index in [4.69, 9.17) is 23.6 Å². The van der Waals surface area contributed by atoms with Crippen molar-refractivity contribution in [3.63, 3.8) is 0 Å². The molecule has 0 saturated carbocycles. The Hall–Kier alpha value is -5.92. The van der Waals surface area contributed by atoms with Crippen LogP contribution in [0.2, 0.25) is 0 Å². The first-order valence-electron chi connectivity index (χ1n) is 22.1. The first kappa shape index (κ1) is 14.2. The molecule has 0 fully saturated rings. The third-order valence-corrected chi connectivity index (χ3v) is 7.90. The van der Waals surface area contributed by atoms with E-state index >= 15 is 0 Å². The van der Waals surface area contributed by atoms with E-state index in [9.17, 15) is 2.74 Å². The number of hydrogen-bond acceptors (Lipinski definition) is 1. The van der Waals surface area contributed by atoms with Crippen LogP contribution in [0.3, 0.4) is 0 Å². The molecule has 0 aliphatic rings. The molecule has 45 heavy (non-hydrogen) atoms. The molecular weight excluding hydrogens is 544 g/mol. The molecule has 0 spiro atoms. The van der Waals surface area contributed by atoms with Gasteiger partial charge in [0.1, 0.15) is 11.2 Å². The van der Waals surface area contributed by atoms with Gasteiger partial charge in [-0.2, -0.15) is 0 Å². The number of para-hydroxylation sites is 1. The first-order chi connectivity index (χ1) is 29.0. The maximum absolute atomic E-state index is 9.49. The summed E-state index contributed by atoms with van der Waals surface area (Å²) in [5, 5.41) is 2.43. The Labute approximate surface area is 284 Å². The maximum Gasteiger partial charge on any atom is 0.135 e. The molecule has 0 aliphatic carbocycles. The molecule has 0 saturated heterocycles. The molecule has 0 aliphatic heterocycles. The van der Waals surface area contributed by atoms with Crippen LogP contribution in [0.4, 0.5) is 0 Å². The summed E-state index contributed by atoms with van der Waals surface area (Å²) in [5.41, 5.74) is 1.06. The van der Waals surface area contributed by atoms with Crippen LogP contribution in [0.1, 0.15) is 21.9 Å². The molecule has 210 valence electrons. The van der Waals surface area contributed by atoms with Crippen LogP contribution >= 0.6 is 0 Å². The van der Waals surface area contributed by atoms with E-state index in [1.165, 1.54) is 0 Å². The van der Waals surface area contributed by atoms with Gasteiger partial charge in [0.25, 0.3) is 0 Å². The minimum Gasteiger partial charge on any atom is -0.456 e. The van der Waals surface area contributed by atoms with Gasteiger partial charge in [0, 0.05) is 10.8 Å². The van der Waals surface area contributed by atoms with E-state index in [1.807, 2.05) is 24.3 Å². The first-order valence-corrected chi connectivity index (χ1v) is 14.1. The van der Waals surface area contributed by atoms with Crippen LogP contribution in [-0.2, 0) is 0 Å². The molecular formula is C44H28O. The number of hydrogen-bond donors (Lipinski definition) is 0. The molecule has 0 radical (unpaired) electrons. The van der Waals surface area contributed by atoms with E-state index in [1.54, 1.807) is 48.5 Å². The van der Waals surface area contributed by atoms with Gasteiger partial charge >= 0.3 is 0 Å². The lowest BCUT2D eigenvalue weighted by atomic mass is 9.85. The van der Waals surface area contributed by atoms with Crippen LogP contribution in [0, 0.1) is 0 Å². The summed E-state index contributed by atoms with van der Waals surface area (Å²) in [5.74, 6) is 0. The van der Waals surface area contributed by atoms with Crippen molar-refractivity contribution in [2.45, 2.75) is 0 Å². The van der Waals surface area contributed by atoms with Gasteiger partial charge in [-0.15, -0.1) is 0 Å². The Morgan fingerprint density at radius 2 is 0.867 bits per heavy atom. The molecule has 9 aromatic rings. The van der Waals surface area contributed by atoms with Gasteiger partial charge in [0.2, 0.25) is 0 Å². The number of furan rings is 1. The third-order valence-electron chi connectivity index (χ3n) is 7.90. The van der Waals surface area contributed by atoms with Gasteiger partial charge in [-0.1, -0.05) is 145 Å². The van der Waals surface area contributed by atoms with Crippen molar-refractivity contribution in [3.8, 4) is 44.5 Å². The monoisotopic (exact) mass is 588 g/mol. The lowest BCUT2D eigenvalue weighted by Gasteiger charge is -2.18. The highest BCUT2D eigenvalue weighted by atomic mass is 16.3. The Balaban J connectivity index is 1.28. The molecule has 1 heteroatoms. The third kappa shape index (κ3) is 4.24. The second kappa shape index (κ2) is 10.4. The van der Waals surface area contributed by atoms with Crippen LogP contribution in [0.25, 0.3) is 88.0 Å². The molecule has 0 amide bonds. The highest BCUT2D eigenvalue weighted by molar-refractivity contribution is 6.21. The summed E-state index contributed by atoms with van der Waals surface area (Å²) < 4.78 is 144. The topological polar surface area (TPSA) is 13.1 Å². The Kier molecular flexibility index (Phi) is 3.28. The van der Waals surface area contributed by atoms with E-state index in [0.717, 1.165) is 5.56 Å². The second-order valence-electron chi connectivity index (χ2n) is 10.4. The Morgan fingerprint density at radius 1 is 0.333 bits per heavy atom. The van der Waals surface area contributed by atoms with Crippen molar-refractivity contribution < 1.29 is 26.3 Å². The van der Waals surface area contributed by atoms with Gasteiger partial charge in [-0.3, -0.25) is 0 Å². The summed E-state index contributed by atoms with van der Waals surface area (Å²) in [6.45, 7) is 0. The fourth-order valence-corrected chi connectivity index (χ4v) is 5.93. The van der Waals surface area contributed by atoms with Gasteiger partial charge in [0.15, 0.2) is 0 Å². The van der Waals surface area contributed by atoms with Gasteiger partial charge in [-0.05, 0) is 90.2 Å². The highest BCUT2D eigenvalue weighted by Crippen LogP contribution is 2.44. The van der Waals surface area contributed by atoms with Gasteiger partial charge in [0.05, 0.1) is 21.9 Å².